The molecule has 0 spiro atoms. The van der Waals surface area contributed by atoms with E-state index in [1.54, 1.807) is 6.92 Å². The molecule has 1 rings (SSSR count). The van der Waals surface area contributed by atoms with E-state index in [0.29, 0.717) is 6.04 Å². The zero-order chi connectivity index (χ0) is 11.3. The van der Waals surface area contributed by atoms with Crippen molar-refractivity contribution in [2.75, 3.05) is 6.54 Å². The van der Waals surface area contributed by atoms with Gasteiger partial charge in [0.05, 0.1) is 11.4 Å². The van der Waals surface area contributed by atoms with Crippen molar-refractivity contribution >= 4 is 27.7 Å². The van der Waals surface area contributed by atoms with E-state index < -0.39 is 0 Å². The molecular formula is C10H17BrN2O2. The average Bonchev–Trinajstić information content (AvgIpc) is 2.66. The van der Waals surface area contributed by atoms with Gasteiger partial charge in [-0.15, -0.1) is 0 Å². The maximum absolute atomic E-state index is 11.4. The highest BCUT2D eigenvalue weighted by atomic mass is 79.9. The first kappa shape index (κ1) is 12.5. The lowest BCUT2D eigenvalue weighted by Crippen LogP contribution is -2.42. The van der Waals surface area contributed by atoms with Gasteiger partial charge in [0.2, 0.25) is 11.8 Å². The molecule has 1 fully saturated rings. The fourth-order valence-corrected chi connectivity index (χ4v) is 1.82. The molecule has 0 aromatic heterocycles. The lowest BCUT2D eigenvalue weighted by Gasteiger charge is -2.12. The SMILES string of the molecule is CC(Br)C(=O)NCC(=O)NC1CCCC1. The molecule has 1 atom stereocenters. The van der Waals surface area contributed by atoms with Crippen LogP contribution < -0.4 is 10.6 Å². The van der Waals surface area contributed by atoms with Gasteiger partial charge in [-0.1, -0.05) is 28.8 Å². The lowest BCUT2D eigenvalue weighted by molar-refractivity contribution is -0.125. The summed E-state index contributed by atoms with van der Waals surface area (Å²) in [6.07, 6.45) is 4.51. The number of carbonyl (C=O) groups excluding carboxylic acids is 2. The molecule has 1 unspecified atom stereocenters. The quantitative estimate of drug-likeness (QED) is 0.751. The summed E-state index contributed by atoms with van der Waals surface area (Å²) in [6, 6.07) is 0.316. The van der Waals surface area contributed by atoms with Crippen molar-refractivity contribution in [3.8, 4) is 0 Å². The van der Waals surface area contributed by atoms with Crippen LogP contribution in [0, 0.1) is 0 Å². The number of rotatable bonds is 4. The van der Waals surface area contributed by atoms with Crippen molar-refractivity contribution in [3.05, 3.63) is 0 Å². The number of nitrogens with one attached hydrogen (secondary N) is 2. The Bertz CT molecular complexity index is 238. The van der Waals surface area contributed by atoms with E-state index in [1.165, 1.54) is 12.8 Å². The van der Waals surface area contributed by atoms with Crippen LogP contribution in [0.15, 0.2) is 0 Å². The number of amides is 2. The van der Waals surface area contributed by atoms with Crippen molar-refractivity contribution in [1.82, 2.24) is 10.6 Å². The first-order valence-corrected chi connectivity index (χ1v) is 6.22. The van der Waals surface area contributed by atoms with Crippen LogP contribution in [0.2, 0.25) is 0 Å². The highest BCUT2D eigenvalue weighted by molar-refractivity contribution is 9.10. The molecule has 0 bridgehead atoms. The Morgan fingerprint density at radius 2 is 2.00 bits per heavy atom. The molecule has 0 aromatic carbocycles. The summed E-state index contributed by atoms with van der Waals surface area (Å²) in [7, 11) is 0. The van der Waals surface area contributed by atoms with Crippen molar-refractivity contribution in [1.29, 1.82) is 0 Å². The fraction of sp³-hybridized carbons (Fsp3) is 0.800. The Labute approximate surface area is 98.3 Å². The monoisotopic (exact) mass is 276 g/mol. The molecule has 2 N–H and O–H groups in total. The zero-order valence-electron chi connectivity index (χ0n) is 8.88. The summed E-state index contributed by atoms with van der Waals surface area (Å²) in [5.41, 5.74) is 0. The van der Waals surface area contributed by atoms with Gasteiger partial charge in [0.1, 0.15) is 0 Å². The Morgan fingerprint density at radius 3 is 2.53 bits per heavy atom. The average molecular weight is 277 g/mol. The second-order valence-corrected chi connectivity index (χ2v) is 5.26. The minimum Gasteiger partial charge on any atom is -0.352 e. The summed E-state index contributed by atoms with van der Waals surface area (Å²) in [6.45, 7) is 1.80. The molecule has 0 aliphatic heterocycles. The molecule has 1 aliphatic rings. The molecule has 0 radical (unpaired) electrons. The molecule has 15 heavy (non-hydrogen) atoms. The Balaban J connectivity index is 2.15. The van der Waals surface area contributed by atoms with Gasteiger partial charge in [0, 0.05) is 6.04 Å². The summed E-state index contributed by atoms with van der Waals surface area (Å²) in [4.78, 5) is 22.3. The fourth-order valence-electron chi connectivity index (χ4n) is 1.66. The van der Waals surface area contributed by atoms with Gasteiger partial charge < -0.3 is 10.6 Å². The summed E-state index contributed by atoms with van der Waals surface area (Å²) >= 11 is 3.13. The molecule has 0 aromatic rings. The number of hydrogen-bond acceptors (Lipinski definition) is 2. The Kier molecular flexibility index (Phi) is 5.08. The van der Waals surface area contributed by atoms with Gasteiger partial charge in [0.15, 0.2) is 0 Å². The third-order valence-corrected chi connectivity index (χ3v) is 2.92. The maximum Gasteiger partial charge on any atom is 0.239 e. The van der Waals surface area contributed by atoms with E-state index in [0.717, 1.165) is 12.8 Å². The predicted octanol–water partition coefficient (Wildman–Crippen LogP) is 0.945. The first-order valence-electron chi connectivity index (χ1n) is 5.30. The largest absolute Gasteiger partial charge is 0.352 e. The standard InChI is InChI=1S/C10H17BrN2O2/c1-7(11)10(15)12-6-9(14)13-8-4-2-3-5-8/h7-8H,2-6H2,1H3,(H,12,15)(H,13,14). The van der Waals surface area contributed by atoms with Crippen LogP contribution >= 0.6 is 15.9 Å². The normalized spacial score (nSPS) is 18.5. The first-order chi connectivity index (χ1) is 7.09. The van der Waals surface area contributed by atoms with Gasteiger partial charge in [-0.3, -0.25) is 9.59 Å². The third kappa shape index (κ3) is 4.64. The molecule has 1 saturated carbocycles. The van der Waals surface area contributed by atoms with E-state index in [4.69, 9.17) is 0 Å². The van der Waals surface area contributed by atoms with Crippen LogP contribution in [-0.4, -0.2) is 29.2 Å². The van der Waals surface area contributed by atoms with Crippen LogP contribution in [0.5, 0.6) is 0 Å². The van der Waals surface area contributed by atoms with Crippen LogP contribution in [-0.2, 0) is 9.59 Å². The molecule has 1 aliphatic carbocycles. The van der Waals surface area contributed by atoms with Crippen LogP contribution in [0.3, 0.4) is 0 Å². The molecule has 0 saturated heterocycles. The van der Waals surface area contributed by atoms with E-state index in [9.17, 15) is 9.59 Å². The molecule has 5 heteroatoms. The van der Waals surface area contributed by atoms with E-state index in [1.807, 2.05) is 0 Å². The van der Waals surface area contributed by atoms with Crippen LogP contribution in [0.1, 0.15) is 32.6 Å². The minimum atomic E-state index is -0.253. The predicted molar refractivity (Wildman–Crippen MR) is 61.8 cm³/mol. The smallest absolute Gasteiger partial charge is 0.239 e. The summed E-state index contributed by atoms with van der Waals surface area (Å²) in [5, 5.41) is 5.46. The van der Waals surface area contributed by atoms with Crippen molar-refractivity contribution < 1.29 is 9.59 Å². The van der Waals surface area contributed by atoms with Crippen molar-refractivity contribution in [3.63, 3.8) is 0 Å². The van der Waals surface area contributed by atoms with Gasteiger partial charge >= 0.3 is 0 Å². The maximum atomic E-state index is 11.4. The van der Waals surface area contributed by atoms with Gasteiger partial charge in [-0.05, 0) is 19.8 Å². The van der Waals surface area contributed by atoms with Crippen molar-refractivity contribution in [2.45, 2.75) is 43.5 Å². The summed E-state index contributed by atoms with van der Waals surface area (Å²) < 4.78 is 0. The van der Waals surface area contributed by atoms with Gasteiger partial charge in [0.25, 0.3) is 0 Å². The van der Waals surface area contributed by atoms with Crippen LogP contribution in [0.25, 0.3) is 0 Å². The number of alkyl halides is 1. The van der Waals surface area contributed by atoms with E-state index in [-0.39, 0.29) is 23.2 Å². The van der Waals surface area contributed by atoms with Crippen LogP contribution in [0.4, 0.5) is 0 Å². The molecular weight excluding hydrogens is 260 g/mol. The van der Waals surface area contributed by atoms with Crippen molar-refractivity contribution in [2.24, 2.45) is 0 Å². The second-order valence-electron chi connectivity index (χ2n) is 3.88. The third-order valence-electron chi connectivity index (χ3n) is 2.50. The molecule has 2 amide bonds. The highest BCUT2D eigenvalue weighted by Crippen LogP contribution is 2.17. The number of carbonyl (C=O) groups is 2. The molecule has 4 nitrogen and oxygen atoms in total. The van der Waals surface area contributed by atoms with E-state index in [2.05, 4.69) is 26.6 Å². The molecule has 86 valence electrons. The number of hydrogen-bond donors (Lipinski definition) is 2. The van der Waals surface area contributed by atoms with Gasteiger partial charge in [-0.2, -0.15) is 0 Å². The van der Waals surface area contributed by atoms with Gasteiger partial charge in [-0.25, -0.2) is 0 Å². The zero-order valence-corrected chi connectivity index (χ0v) is 10.5. The highest BCUT2D eigenvalue weighted by Gasteiger charge is 2.17. The topological polar surface area (TPSA) is 58.2 Å². The van der Waals surface area contributed by atoms with E-state index >= 15 is 0 Å². The summed E-state index contributed by atoms with van der Waals surface area (Å²) in [5.74, 6) is -0.250. The second kappa shape index (κ2) is 6.10. The molecule has 0 heterocycles. The number of halogens is 1. The Morgan fingerprint density at radius 1 is 1.40 bits per heavy atom. The lowest BCUT2D eigenvalue weighted by atomic mass is 10.2. The Hall–Kier alpha value is -0.580. The minimum absolute atomic E-state index is 0.0747.